The minimum Gasteiger partial charge on any atom is -0.496 e. The Bertz CT molecular complexity index is 1010. The van der Waals surface area contributed by atoms with Gasteiger partial charge in [0.2, 0.25) is 0 Å². The average molecular weight is 455 g/mol. The maximum Gasteiger partial charge on any atom is 0.276 e. The summed E-state index contributed by atoms with van der Waals surface area (Å²) in [6, 6.07) is 22.1. The Labute approximate surface area is 176 Å². The lowest BCUT2D eigenvalue weighted by molar-refractivity contribution is -0.123. The van der Waals surface area contributed by atoms with E-state index in [-0.39, 0.29) is 6.61 Å². The molecule has 0 saturated heterocycles. The van der Waals surface area contributed by atoms with Crippen molar-refractivity contribution in [2.75, 3.05) is 13.7 Å². The minimum absolute atomic E-state index is 0.240. The van der Waals surface area contributed by atoms with Crippen LogP contribution in [0.15, 0.2) is 77.3 Å². The third kappa shape index (κ3) is 5.36. The highest BCUT2D eigenvalue weighted by atomic mass is 79.9. The summed E-state index contributed by atoms with van der Waals surface area (Å²) in [6.07, 6.45) is 0. The Morgan fingerprint density at radius 1 is 0.897 bits per heavy atom. The number of hydrogen-bond donors (Lipinski definition) is 2. The molecule has 29 heavy (non-hydrogen) atoms. The SMILES string of the molecule is COc1ccc(C(=O)NNC(=O)COc2ccccc2-c2ccccc2)cc1Br. The van der Waals surface area contributed by atoms with Crippen molar-refractivity contribution in [1.82, 2.24) is 10.9 Å². The molecular weight excluding hydrogens is 436 g/mol. The predicted octanol–water partition coefficient (Wildman–Crippen LogP) is 3.96. The van der Waals surface area contributed by atoms with Gasteiger partial charge in [-0.1, -0.05) is 48.5 Å². The number of nitrogens with one attached hydrogen (secondary N) is 2. The maximum atomic E-state index is 12.2. The first kappa shape index (κ1) is 20.4. The van der Waals surface area contributed by atoms with Gasteiger partial charge in [0.25, 0.3) is 11.8 Å². The molecule has 0 heterocycles. The number of benzene rings is 3. The lowest BCUT2D eigenvalue weighted by atomic mass is 10.1. The molecule has 0 atom stereocenters. The average Bonchev–Trinajstić information content (AvgIpc) is 2.76. The molecule has 0 spiro atoms. The zero-order valence-corrected chi connectivity index (χ0v) is 17.2. The van der Waals surface area contributed by atoms with Gasteiger partial charge in [0.15, 0.2) is 6.61 Å². The van der Waals surface area contributed by atoms with Gasteiger partial charge < -0.3 is 9.47 Å². The monoisotopic (exact) mass is 454 g/mol. The van der Waals surface area contributed by atoms with E-state index < -0.39 is 11.8 Å². The molecule has 0 aromatic heterocycles. The molecule has 3 rings (SSSR count). The molecule has 0 radical (unpaired) electrons. The second kappa shape index (κ2) is 9.75. The number of para-hydroxylation sites is 1. The van der Waals surface area contributed by atoms with E-state index in [2.05, 4.69) is 26.8 Å². The van der Waals surface area contributed by atoms with Crippen LogP contribution in [0.1, 0.15) is 10.4 Å². The molecule has 7 heteroatoms. The van der Waals surface area contributed by atoms with Gasteiger partial charge in [-0.25, -0.2) is 0 Å². The van der Waals surface area contributed by atoms with Crippen molar-refractivity contribution in [3.63, 3.8) is 0 Å². The van der Waals surface area contributed by atoms with Crippen LogP contribution >= 0.6 is 15.9 Å². The number of carbonyl (C=O) groups excluding carboxylic acids is 2. The number of hydrogen-bond acceptors (Lipinski definition) is 4. The van der Waals surface area contributed by atoms with Gasteiger partial charge in [-0.3, -0.25) is 20.4 Å². The molecule has 0 aliphatic carbocycles. The van der Waals surface area contributed by atoms with Crippen LogP contribution in [0.25, 0.3) is 11.1 Å². The van der Waals surface area contributed by atoms with Gasteiger partial charge in [0.05, 0.1) is 11.6 Å². The minimum atomic E-state index is -0.478. The summed E-state index contributed by atoms with van der Waals surface area (Å²) >= 11 is 3.32. The van der Waals surface area contributed by atoms with Gasteiger partial charge in [-0.2, -0.15) is 0 Å². The number of carbonyl (C=O) groups is 2. The summed E-state index contributed by atoms with van der Waals surface area (Å²) in [4.78, 5) is 24.3. The molecule has 2 amide bonds. The molecule has 0 saturated carbocycles. The molecule has 3 aromatic rings. The van der Waals surface area contributed by atoms with E-state index >= 15 is 0 Å². The van der Waals surface area contributed by atoms with Gasteiger partial charge in [0, 0.05) is 11.1 Å². The molecule has 3 aromatic carbocycles. The highest BCUT2D eigenvalue weighted by Crippen LogP contribution is 2.29. The second-order valence-electron chi connectivity index (χ2n) is 6.00. The van der Waals surface area contributed by atoms with Crippen LogP contribution in [0.3, 0.4) is 0 Å². The first-order chi connectivity index (χ1) is 14.1. The Morgan fingerprint density at radius 2 is 1.62 bits per heavy atom. The molecule has 148 valence electrons. The quantitative estimate of drug-likeness (QED) is 0.552. The molecule has 0 unspecified atom stereocenters. The van der Waals surface area contributed by atoms with Crippen LogP contribution < -0.4 is 20.3 Å². The number of ether oxygens (including phenoxy) is 2. The van der Waals surface area contributed by atoms with Crippen molar-refractivity contribution in [3.05, 3.63) is 82.8 Å². The number of methoxy groups -OCH3 is 1. The van der Waals surface area contributed by atoms with Crippen molar-refractivity contribution >= 4 is 27.7 Å². The van der Waals surface area contributed by atoms with E-state index in [1.807, 2.05) is 48.5 Å². The summed E-state index contributed by atoms with van der Waals surface area (Å²) in [5.41, 5.74) is 6.95. The number of halogens is 1. The van der Waals surface area contributed by atoms with Crippen LogP contribution in [0.2, 0.25) is 0 Å². The smallest absolute Gasteiger partial charge is 0.276 e. The Balaban J connectivity index is 1.56. The Hall–Kier alpha value is -3.32. The first-order valence-electron chi connectivity index (χ1n) is 8.78. The lowest BCUT2D eigenvalue weighted by Gasteiger charge is -2.12. The molecule has 0 bridgehead atoms. The summed E-state index contributed by atoms with van der Waals surface area (Å²) in [5.74, 6) is 0.260. The van der Waals surface area contributed by atoms with Crippen molar-refractivity contribution in [2.45, 2.75) is 0 Å². The molecule has 0 fully saturated rings. The van der Waals surface area contributed by atoms with Crippen LogP contribution in [0, 0.1) is 0 Å². The third-order valence-corrected chi connectivity index (χ3v) is 4.68. The van der Waals surface area contributed by atoms with Gasteiger partial charge >= 0.3 is 0 Å². The zero-order valence-electron chi connectivity index (χ0n) is 15.6. The maximum absolute atomic E-state index is 12.2. The summed E-state index contributed by atoms with van der Waals surface area (Å²) in [6.45, 7) is -0.240. The third-order valence-electron chi connectivity index (χ3n) is 4.06. The lowest BCUT2D eigenvalue weighted by Crippen LogP contribution is -2.43. The topological polar surface area (TPSA) is 76.7 Å². The highest BCUT2D eigenvalue weighted by molar-refractivity contribution is 9.10. The van der Waals surface area contributed by atoms with Gasteiger partial charge in [0.1, 0.15) is 11.5 Å². The number of amides is 2. The van der Waals surface area contributed by atoms with E-state index in [4.69, 9.17) is 9.47 Å². The van der Waals surface area contributed by atoms with Crippen molar-refractivity contribution in [2.24, 2.45) is 0 Å². The summed E-state index contributed by atoms with van der Waals surface area (Å²) in [7, 11) is 1.54. The fourth-order valence-electron chi connectivity index (χ4n) is 2.63. The van der Waals surface area contributed by atoms with E-state index in [0.29, 0.717) is 21.5 Å². The van der Waals surface area contributed by atoms with Crippen molar-refractivity contribution < 1.29 is 19.1 Å². The van der Waals surface area contributed by atoms with Crippen LogP contribution in [-0.2, 0) is 4.79 Å². The highest BCUT2D eigenvalue weighted by Gasteiger charge is 2.11. The number of hydrazine groups is 1. The van der Waals surface area contributed by atoms with Crippen LogP contribution in [-0.4, -0.2) is 25.5 Å². The Morgan fingerprint density at radius 3 is 2.34 bits per heavy atom. The van der Waals surface area contributed by atoms with Crippen LogP contribution in [0.5, 0.6) is 11.5 Å². The van der Waals surface area contributed by atoms with Crippen LogP contribution in [0.4, 0.5) is 0 Å². The second-order valence-corrected chi connectivity index (χ2v) is 6.86. The van der Waals surface area contributed by atoms with E-state index in [1.54, 1.807) is 24.3 Å². The molecule has 6 nitrogen and oxygen atoms in total. The predicted molar refractivity (Wildman–Crippen MR) is 114 cm³/mol. The standard InChI is InChI=1S/C22H19BrN2O4/c1-28-20-12-11-16(13-18(20)23)22(27)25-24-21(26)14-29-19-10-6-5-9-17(19)15-7-3-2-4-8-15/h2-13H,14H2,1H3,(H,24,26)(H,25,27). The largest absolute Gasteiger partial charge is 0.496 e. The summed E-state index contributed by atoms with van der Waals surface area (Å²) in [5, 5.41) is 0. The fourth-order valence-corrected chi connectivity index (χ4v) is 3.18. The van der Waals surface area contributed by atoms with E-state index in [1.165, 1.54) is 7.11 Å². The van der Waals surface area contributed by atoms with Crippen molar-refractivity contribution in [1.29, 1.82) is 0 Å². The van der Waals surface area contributed by atoms with Crippen molar-refractivity contribution in [3.8, 4) is 22.6 Å². The number of rotatable bonds is 6. The van der Waals surface area contributed by atoms with E-state index in [9.17, 15) is 9.59 Å². The molecule has 0 aliphatic heterocycles. The van der Waals surface area contributed by atoms with E-state index in [0.717, 1.165) is 11.1 Å². The zero-order chi connectivity index (χ0) is 20.6. The van der Waals surface area contributed by atoms with Gasteiger partial charge in [-0.05, 0) is 45.8 Å². The molecular formula is C22H19BrN2O4. The normalized spacial score (nSPS) is 10.1. The first-order valence-corrected chi connectivity index (χ1v) is 9.58. The van der Waals surface area contributed by atoms with Gasteiger partial charge in [-0.15, -0.1) is 0 Å². The Kier molecular flexibility index (Phi) is 6.86. The fraction of sp³-hybridized carbons (Fsp3) is 0.0909. The molecule has 0 aliphatic rings. The molecule has 2 N–H and O–H groups in total. The summed E-state index contributed by atoms with van der Waals surface area (Å²) < 4.78 is 11.4.